The van der Waals surface area contributed by atoms with Crippen LogP contribution >= 0.6 is 15.9 Å². The molecule has 0 atom stereocenters. The van der Waals surface area contributed by atoms with Crippen molar-refractivity contribution in [1.29, 1.82) is 0 Å². The van der Waals surface area contributed by atoms with E-state index in [4.69, 9.17) is 0 Å². The zero-order valence-electron chi connectivity index (χ0n) is 10.9. The molecule has 2 aromatic rings. The quantitative estimate of drug-likeness (QED) is 0.841. The second-order valence-corrected chi connectivity index (χ2v) is 4.94. The van der Waals surface area contributed by atoms with E-state index in [9.17, 15) is 9.18 Å². The second-order valence-electron chi connectivity index (χ2n) is 4.19. The number of anilines is 1. The molecule has 0 fully saturated rings. The van der Waals surface area contributed by atoms with E-state index in [1.807, 2.05) is 6.92 Å². The summed E-state index contributed by atoms with van der Waals surface area (Å²) in [6.45, 7) is 2.08. The fraction of sp³-hybridized carbons (Fsp3) is 0.250. The molecule has 0 spiro atoms. The Morgan fingerprint density at radius 1 is 1.50 bits per heavy atom. The Bertz CT molecular complexity index is 623. The van der Waals surface area contributed by atoms with Gasteiger partial charge in [-0.2, -0.15) is 9.49 Å². The number of hydrogen-bond acceptors (Lipinski definition) is 3. The predicted molar refractivity (Wildman–Crippen MR) is 75.7 cm³/mol. The Morgan fingerprint density at radius 2 is 2.25 bits per heavy atom. The molecule has 0 aliphatic rings. The Morgan fingerprint density at radius 3 is 2.85 bits per heavy atom. The standard InChI is InChI=1S/C12H13BrFN5O/c1-7-5-16-19(2)11(7)18-12(20)15-6-8-3-4-9(14)17-10(8)13/h3-5H,6H2,1-2H3,(H2,15,18,20). The molecule has 2 N–H and O–H groups in total. The average Bonchev–Trinajstić information content (AvgIpc) is 2.69. The van der Waals surface area contributed by atoms with Gasteiger partial charge in [0.1, 0.15) is 10.4 Å². The maximum atomic E-state index is 12.8. The van der Waals surface area contributed by atoms with Gasteiger partial charge in [0.15, 0.2) is 0 Å². The van der Waals surface area contributed by atoms with Gasteiger partial charge in [0.25, 0.3) is 0 Å². The van der Waals surface area contributed by atoms with Crippen molar-refractivity contribution in [3.05, 3.63) is 40.0 Å². The third-order valence-corrected chi connectivity index (χ3v) is 3.37. The van der Waals surface area contributed by atoms with Crippen LogP contribution in [0.25, 0.3) is 0 Å². The summed E-state index contributed by atoms with van der Waals surface area (Å²) in [5, 5.41) is 9.39. The van der Waals surface area contributed by atoms with Gasteiger partial charge in [-0.15, -0.1) is 0 Å². The van der Waals surface area contributed by atoms with E-state index in [1.54, 1.807) is 24.0 Å². The van der Waals surface area contributed by atoms with Crippen LogP contribution in [0.5, 0.6) is 0 Å². The van der Waals surface area contributed by atoms with Crippen LogP contribution in [0.3, 0.4) is 0 Å². The lowest BCUT2D eigenvalue weighted by atomic mass is 10.3. The zero-order valence-corrected chi connectivity index (χ0v) is 12.5. The van der Waals surface area contributed by atoms with Crippen LogP contribution in [-0.4, -0.2) is 20.8 Å². The number of urea groups is 1. The molecule has 0 aliphatic carbocycles. The van der Waals surface area contributed by atoms with E-state index in [0.29, 0.717) is 16.0 Å². The first-order valence-electron chi connectivity index (χ1n) is 5.81. The molecule has 0 aromatic carbocycles. The molecule has 2 heterocycles. The minimum Gasteiger partial charge on any atom is -0.334 e. The molecule has 20 heavy (non-hydrogen) atoms. The summed E-state index contributed by atoms with van der Waals surface area (Å²) < 4.78 is 14.8. The van der Waals surface area contributed by atoms with Crippen LogP contribution < -0.4 is 10.6 Å². The molecule has 0 bridgehead atoms. The fourth-order valence-corrected chi connectivity index (χ4v) is 2.07. The van der Waals surface area contributed by atoms with Crippen molar-refractivity contribution in [3.63, 3.8) is 0 Å². The number of pyridine rings is 1. The molecule has 0 unspecified atom stereocenters. The molecule has 8 heteroatoms. The van der Waals surface area contributed by atoms with Crippen molar-refractivity contribution >= 4 is 27.8 Å². The summed E-state index contributed by atoms with van der Waals surface area (Å²) in [5.41, 5.74) is 1.55. The van der Waals surface area contributed by atoms with Gasteiger partial charge in [0.2, 0.25) is 5.95 Å². The van der Waals surface area contributed by atoms with Crippen molar-refractivity contribution < 1.29 is 9.18 Å². The first kappa shape index (κ1) is 14.4. The van der Waals surface area contributed by atoms with Crippen molar-refractivity contribution in [2.24, 2.45) is 7.05 Å². The van der Waals surface area contributed by atoms with Crippen LogP contribution in [0.1, 0.15) is 11.1 Å². The number of aryl methyl sites for hydroxylation is 2. The van der Waals surface area contributed by atoms with Crippen molar-refractivity contribution in [2.45, 2.75) is 13.5 Å². The first-order valence-corrected chi connectivity index (χ1v) is 6.61. The van der Waals surface area contributed by atoms with Gasteiger partial charge in [-0.05, 0) is 28.9 Å². The van der Waals surface area contributed by atoms with Crippen LogP contribution in [0.2, 0.25) is 0 Å². The van der Waals surface area contributed by atoms with Crippen molar-refractivity contribution in [2.75, 3.05) is 5.32 Å². The third kappa shape index (κ3) is 3.32. The van der Waals surface area contributed by atoms with Gasteiger partial charge >= 0.3 is 6.03 Å². The maximum absolute atomic E-state index is 12.8. The summed E-state index contributed by atoms with van der Waals surface area (Å²) in [7, 11) is 1.74. The summed E-state index contributed by atoms with van der Waals surface area (Å²) >= 11 is 3.14. The number of nitrogens with zero attached hydrogens (tertiary/aromatic N) is 3. The first-order chi connectivity index (χ1) is 9.47. The third-order valence-electron chi connectivity index (χ3n) is 2.69. The van der Waals surface area contributed by atoms with E-state index in [2.05, 4.69) is 36.6 Å². The van der Waals surface area contributed by atoms with E-state index in [0.717, 1.165) is 5.56 Å². The van der Waals surface area contributed by atoms with Gasteiger partial charge in [-0.25, -0.2) is 9.78 Å². The Labute approximate surface area is 123 Å². The average molecular weight is 342 g/mol. The predicted octanol–water partition coefficient (Wildman–Crippen LogP) is 2.35. The van der Waals surface area contributed by atoms with E-state index in [1.165, 1.54) is 6.07 Å². The van der Waals surface area contributed by atoms with Gasteiger partial charge in [0, 0.05) is 24.7 Å². The zero-order chi connectivity index (χ0) is 14.7. The second kappa shape index (κ2) is 6.00. The lowest BCUT2D eigenvalue weighted by molar-refractivity contribution is 0.251. The molecular formula is C12H13BrFN5O. The minimum atomic E-state index is -0.574. The van der Waals surface area contributed by atoms with Crippen molar-refractivity contribution in [1.82, 2.24) is 20.1 Å². The SMILES string of the molecule is Cc1cnn(C)c1NC(=O)NCc1ccc(F)nc1Br. The van der Waals surface area contributed by atoms with Crippen LogP contribution in [0.15, 0.2) is 22.9 Å². The topological polar surface area (TPSA) is 71.8 Å². The maximum Gasteiger partial charge on any atom is 0.320 e. The highest BCUT2D eigenvalue weighted by molar-refractivity contribution is 9.10. The molecule has 6 nitrogen and oxygen atoms in total. The molecule has 0 saturated carbocycles. The summed E-state index contributed by atoms with van der Waals surface area (Å²) in [5.74, 6) is 0.0504. The van der Waals surface area contributed by atoms with E-state index < -0.39 is 5.95 Å². The number of carbonyl (C=O) groups excluding carboxylic acids is 1. The van der Waals surface area contributed by atoms with Crippen LogP contribution in [0, 0.1) is 12.9 Å². The molecule has 2 amide bonds. The summed E-state index contributed by atoms with van der Waals surface area (Å²) in [4.78, 5) is 15.4. The number of amides is 2. The summed E-state index contributed by atoms with van der Waals surface area (Å²) in [6.07, 6.45) is 1.66. The Hall–Kier alpha value is -1.96. The van der Waals surface area contributed by atoms with Crippen LogP contribution in [0.4, 0.5) is 15.0 Å². The van der Waals surface area contributed by atoms with E-state index >= 15 is 0 Å². The highest BCUT2D eigenvalue weighted by Crippen LogP contribution is 2.14. The van der Waals surface area contributed by atoms with Gasteiger partial charge in [0.05, 0.1) is 6.20 Å². The number of carbonyl (C=O) groups is 1. The monoisotopic (exact) mass is 341 g/mol. The number of aromatic nitrogens is 3. The highest BCUT2D eigenvalue weighted by atomic mass is 79.9. The molecule has 0 radical (unpaired) electrons. The number of hydrogen-bond donors (Lipinski definition) is 2. The molecule has 0 saturated heterocycles. The Kier molecular flexibility index (Phi) is 4.33. The Balaban J connectivity index is 1.96. The number of nitrogens with one attached hydrogen (secondary N) is 2. The lowest BCUT2D eigenvalue weighted by Crippen LogP contribution is -2.29. The van der Waals surface area contributed by atoms with Gasteiger partial charge < -0.3 is 5.32 Å². The van der Waals surface area contributed by atoms with Crippen molar-refractivity contribution in [3.8, 4) is 0 Å². The smallest absolute Gasteiger partial charge is 0.320 e. The minimum absolute atomic E-state index is 0.233. The fourth-order valence-electron chi connectivity index (χ4n) is 1.63. The molecule has 2 aromatic heterocycles. The molecule has 106 valence electrons. The largest absolute Gasteiger partial charge is 0.334 e. The molecule has 2 rings (SSSR count). The van der Waals surface area contributed by atoms with Gasteiger partial charge in [-0.1, -0.05) is 6.07 Å². The van der Waals surface area contributed by atoms with Gasteiger partial charge in [-0.3, -0.25) is 10.00 Å². The highest BCUT2D eigenvalue weighted by Gasteiger charge is 2.09. The lowest BCUT2D eigenvalue weighted by Gasteiger charge is -2.09. The number of rotatable bonds is 3. The normalized spacial score (nSPS) is 10.4. The molecular weight excluding hydrogens is 329 g/mol. The summed E-state index contributed by atoms with van der Waals surface area (Å²) in [6, 6.07) is 2.43. The van der Waals surface area contributed by atoms with E-state index in [-0.39, 0.29) is 12.6 Å². The number of halogens is 2. The van der Waals surface area contributed by atoms with Crippen LogP contribution in [-0.2, 0) is 13.6 Å². The molecule has 0 aliphatic heterocycles.